The van der Waals surface area contributed by atoms with E-state index in [0.717, 1.165) is 25.7 Å². The first-order valence-corrected chi connectivity index (χ1v) is 21.7. The van der Waals surface area contributed by atoms with Gasteiger partial charge < -0.3 is 23.7 Å². The first kappa shape index (κ1) is 38.5. The average molecular weight is 779 g/mol. The number of ether oxygens (including phenoxy) is 5. The molecule has 0 radical (unpaired) electrons. The van der Waals surface area contributed by atoms with Gasteiger partial charge in [0.25, 0.3) is 0 Å². The number of carbonyl (C=O) groups is 6. The van der Waals surface area contributed by atoms with Gasteiger partial charge in [0, 0.05) is 18.8 Å². The lowest BCUT2D eigenvalue weighted by molar-refractivity contribution is -0.244. The molecular weight excluding hydrogens is 716 g/mol. The van der Waals surface area contributed by atoms with E-state index in [-0.39, 0.29) is 89.0 Å². The summed E-state index contributed by atoms with van der Waals surface area (Å²) in [4.78, 5) is 83.3. The zero-order valence-electron chi connectivity index (χ0n) is 34.6. The van der Waals surface area contributed by atoms with Crippen LogP contribution in [-0.2, 0) is 52.5 Å². The summed E-state index contributed by atoms with van der Waals surface area (Å²) in [5, 5.41) is 0. The number of cyclic esters (lactones) is 3. The van der Waals surface area contributed by atoms with E-state index in [1.54, 1.807) is 6.92 Å². The molecule has 15 unspecified atom stereocenters. The van der Waals surface area contributed by atoms with E-state index in [1.807, 2.05) is 41.5 Å². The lowest BCUT2D eigenvalue weighted by Gasteiger charge is -2.63. The number of carbonyl (C=O) groups excluding carboxylic acids is 6. The van der Waals surface area contributed by atoms with E-state index in [0.29, 0.717) is 51.6 Å². The highest BCUT2D eigenvalue weighted by atomic mass is 16.6. The van der Waals surface area contributed by atoms with Gasteiger partial charge in [-0.05, 0) is 153 Å². The number of esters is 6. The lowest BCUT2D eigenvalue weighted by Crippen LogP contribution is -2.66. The Kier molecular flexibility index (Phi) is 8.61. The van der Waals surface area contributed by atoms with Crippen LogP contribution in [0.4, 0.5) is 0 Å². The number of fused-ring (bicyclic) bond motifs is 7. The predicted molar refractivity (Wildman–Crippen MR) is 198 cm³/mol. The van der Waals surface area contributed by atoms with E-state index < -0.39 is 57.3 Å². The van der Waals surface area contributed by atoms with Crippen molar-refractivity contribution in [3.8, 4) is 0 Å². The molecule has 8 saturated carbocycles. The molecule has 2 saturated heterocycles. The molecule has 308 valence electrons. The first-order chi connectivity index (χ1) is 26.1. The highest BCUT2D eigenvalue weighted by Crippen LogP contribution is 2.70. The second-order valence-electron chi connectivity index (χ2n) is 22.5. The van der Waals surface area contributed by atoms with E-state index in [1.165, 1.54) is 0 Å². The van der Waals surface area contributed by atoms with Gasteiger partial charge in [0.1, 0.15) is 16.8 Å². The molecule has 10 aliphatic rings. The maximum Gasteiger partial charge on any atom is 0.317 e. The third kappa shape index (κ3) is 5.91. The maximum atomic E-state index is 15.5. The highest BCUT2D eigenvalue weighted by molar-refractivity contribution is 5.96. The Morgan fingerprint density at radius 3 is 1.96 bits per heavy atom. The predicted octanol–water partition coefficient (Wildman–Crippen LogP) is 6.62. The van der Waals surface area contributed by atoms with Crippen molar-refractivity contribution in [2.45, 2.75) is 143 Å². The van der Waals surface area contributed by atoms with Crippen molar-refractivity contribution in [3.63, 3.8) is 0 Å². The van der Waals surface area contributed by atoms with Crippen molar-refractivity contribution in [2.75, 3.05) is 6.61 Å². The molecule has 10 fully saturated rings. The molecule has 15 atom stereocenters. The smallest absolute Gasteiger partial charge is 0.317 e. The van der Waals surface area contributed by atoms with Crippen LogP contribution in [0.15, 0.2) is 0 Å². The zero-order valence-corrected chi connectivity index (χ0v) is 34.6. The van der Waals surface area contributed by atoms with Gasteiger partial charge >= 0.3 is 35.8 Å². The molecule has 0 aromatic carbocycles. The Morgan fingerprint density at radius 2 is 1.38 bits per heavy atom. The Balaban J connectivity index is 1.09. The summed E-state index contributed by atoms with van der Waals surface area (Å²) in [5.41, 5.74) is -4.54. The fourth-order valence-electron chi connectivity index (χ4n) is 15.5. The molecule has 11 heteroatoms. The number of rotatable bonds is 8. The van der Waals surface area contributed by atoms with Gasteiger partial charge in [-0.25, -0.2) is 0 Å². The van der Waals surface area contributed by atoms with Crippen LogP contribution in [0.1, 0.15) is 126 Å². The summed E-state index contributed by atoms with van der Waals surface area (Å²) in [5.74, 6) is -2.88. The van der Waals surface area contributed by atoms with Crippen LogP contribution in [0.3, 0.4) is 0 Å². The van der Waals surface area contributed by atoms with Crippen molar-refractivity contribution in [2.24, 2.45) is 93.7 Å². The Labute approximate surface area is 330 Å². The average Bonchev–Trinajstić information content (AvgIpc) is 3.91. The van der Waals surface area contributed by atoms with Crippen LogP contribution in [-0.4, -0.2) is 59.2 Å². The van der Waals surface area contributed by atoms with Crippen LogP contribution in [0, 0.1) is 93.7 Å². The molecule has 0 N–H and O–H groups in total. The van der Waals surface area contributed by atoms with Gasteiger partial charge in [0.2, 0.25) is 0 Å². The van der Waals surface area contributed by atoms with Crippen molar-refractivity contribution < 1.29 is 52.5 Å². The van der Waals surface area contributed by atoms with E-state index in [9.17, 15) is 24.0 Å². The minimum atomic E-state index is -1.07. The van der Waals surface area contributed by atoms with Crippen LogP contribution in [0.2, 0.25) is 0 Å². The maximum absolute atomic E-state index is 15.5. The van der Waals surface area contributed by atoms with Gasteiger partial charge in [-0.1, -0.05) is 13.8 Å². The van der Waals surface area contributed by atoms with Crippen molar-refractivity contribution in [3.05, 3.63) is 0 Å². The van der Waals surface area contributed by atoms with Crippen LogP contribution >= 0.6 is 0 Å². The van der Waals surface area contributed by atoms with Gasteiger partial charge in [0.15, 0.2) is 0 Å². The van der Waals surface area contributed by atoms with Crippen LogP contribution in [0.25, 0.3) is 0 Å². The van der Waals surface area contributed by atoms with Crippen molar-refractivity contribution in [1.29, 1.82) is 0 Å². The third-order valence-corrected chi connectivity index (χ3v) is 16.7. The molecular formula is C45H62O11. The first-order valence-electron chi connectivity index (χ1n) is 21.7. The summed E-state index contributed by atoms with van der Waals surface area (Å²) < 4.78 is 30.1. The molecule has 0 spiro atoms. The van der Waals surface area contributed by atoms with Crippen molar-refractivity contribution >= 4 is 35.8 Å². The molecule has 2 heterocycles. The van der Waals surface area contributed by atoms with Gasteiger partial charge in [-0.15, -0.1) is 0 Å². The van der Waals surface area contributed by atoms with E-state index >= 15 is 4.79 Å². The van der Waals surface area contributed by atoms with Crippen LogP contribution in [0.5, 0.6) is 0 Å². The molecule has 11 nitrogen and oxygen atoms in total. The summed E-state index contributed by atoms with van der Waals surface area (Å²) in [7, 11) is 0. The third-order valence-electron chi connectivity index (χ3n) is 16.7. The monoisotopic (exact) mass is 778 g/mol. The fourth-order valence-corrected chi connectivity index (χ4v) is 15.5. The van der Waals surface area contributed by atoms with E-state index in [4.69, 9.17) is 23.7 Å². The van der Waals surface area contributed by atoms with Gasteiger partial charge in [0.05, 0.1) is 41.1 Å². The fraction of sp³-hybridized carbons (Fsp3) is 0.867. The minimum absolute atomic E-state index is 0.0321. The number of hydrogen-bond acceptors (Lipinski definition) is 11. The second kappa shape index (κ2) is 12.5. The standard InChI is InChI=1S/C45H62O11/c1-21-26(28-13-27(21)34-30(28)17-52-37(34)48)12-29(32-24-9-10-25(11-24)33(32)31-22(2)35(46)53-38(31)49)36(47)54-45-16-23-14-43(19-45,39(50)55-41(3,4)5)18-44(15-23,20-45)40(51)56-42(6,7)8/h21-34H,9-20H2,1-8H3. The molecule has 10 rings (SSSR count). The normalized spacial score (nSPS) is 47.5. The van der Waals surface area contributed by atoms with E-state index in [2.05, 4.69) is 6.92 Å². The lowest BCUT2D eigenvalue weighted by atomic mass is 9.42. The Hall–Kier alpha value is -2.98. The van der Waals surface area contributed by atoms with Crippen LogP contribution < -0.4 is 0 Å². The number of hydrogen-bond donors (Lipinski definition) is 0. The largest absolute Gasteiger partial charge is 0.465 e. The Morgan fingerprint density at radius 1 is 0.750 bits per heavy atom. The highest BCUT2D eigenvalue weighted by Gasteiger charge is 2.72. The quantitative estimate of drug-likeness (QED) is 0.149. The zero-order chi connectivity index (χ0) is 40.1. The van der Waals surface area contributed by atoms with Gasteiger partial charge in [-0.2, -0.15) is 0 Å². The van der Waals surface area contributed by atoms with Gasteiger partial charge in [-0.3, -0.25) is 28.8 Å². The summed E-state index contributed by atoms with van der Waals surface area (Å²) >= 11 is 0. The second-order valence-corrected chi connectivity index (χ2v) is 22.5. The molecule has 0 amide bonds. The molecule has 0 aromatic rings. The summed E-state index contributed by atoms with van der Waals surface area (Å²) in [6.45, 7) is 15.5. The topological polar surface area (TPSA) is 149 Å². The Bertz CT molecular complexity index is 1690. The SMILES string of the molecule is CC1C(=O)OC(=O)C1C1C2CCC(C2)C1C(CC1C(C)C2CC1C1COC(=O)C21)C(=O)OC12CC3CC(C(=O)OC(C)(C)C)(C1)CC(C(=O)OC(C)(C)C)(C3)C2. The molecule has 8 bridgehead atoms. The van der Waals surface area contributed by atoms with Crippen molar-refractivity contribution in [1.82, 2.24) is 0 Å². The molecule has 2 aliphatic heterocycles. The molecule has 8 aliphatic carbocycles. The summed E-state index contributed by atoms with van der Waals surface area (Å²) in [6.07, 6.45) is 6.93. The molecule has 0 aromatic heterocycles. The summed E-state index contributed by atoms with van der Waals surface area (Å²) in [6, 6.07) is 0. The molecule has 56 heavy (non-hydrogen) atoms. The minimum Gasteiger partial charge on any atom is -0.465 e.